The minimum absolute atomic E-state index is 0.125. The first-order chi connectivity index (χ1) is 15.6. The van der Waals surface area contributed by atoms with E-state index in [-0.39, 0.29) is 17.9 Å². The molecule has 1 amide bonds. The second kappa shape index (κ2) is 12.3. The van der Waals surface area contributed by atoms with Gasteiger partial charge >= 0.3 is 11.4 Å². The van der Waals surface area contributed by atoms with E-state index in [4.69, 9.17) is 9.39 Å². The Hall–Kier alpha value is -2.23. The highest BCUT2D eigenvalue weighted by Gasteiger charge is 2.38. The second-order valence-corrected chi connectivity index (χ2v) is 9.59. The summed E-state index contributed by atoms with van der Waals surface area (Å²) in [5.74, 6) is -1.04. The Bertz CT molecular complexity index is 1030. The molecule has 0 aliphatic carbocycles. The van der Waals surface area contributed by atoms with Gasteiger partial charge in [0.15, 0.2) is 0 Å². The van der Waals surface area contributed by atoms with Gasteiger partial charge < -0.3 is 0 Å². The topological polar surface area (TPSA) is 146 Å². The zero-order chi connectivity index (χ0) is 24.6. The van der Waals surface area contributed by atoms with Crippen LogP contribution in [0.4, 0.5) is 0 Å². The van der Waals surface area contributed by atoms with Crippen molar-refractivity contribution in [1.82, 2.24) is 15.0 Å². The molecule has 2 aromatic rings. The molecule has 33 heavy (non-hydrogen) atoms. The summed E-state index contributed by atoms with van der Waals surface area (Å²) in [6, 6.07) is 13.9. The number of amides is 1. The quantitative estimate of drug-likeness (QED) is 0.226. The second-order valence-electron chi connectivity index (χ2n) is 7.23. The fourth-order valence-electron chi connectivity index (χ4n) is 2.92. The molecular weight excluding hydrogens is 474 g/mol. The molecule has 0 bridgehead atoms. The highest BCUT2D eigenvalue weighted by Crippen LogP contribution is 2.25. The van der Waals surface area contributed by atoms with Crippen LogP contribution in [0.1, 0.15) is 20.3 Å². The lowest BCUT2D eigenvalue weighted by Crippen LogP contribution is -2.50. The first-order valence-electron chi connectivity index (χ1n) is 9.87. The van der Waals surface area contributed by atoms with Crippen molar-refractivity contribution in [2.45, 2.75) is 37.3 Å². The Morgan fingerprint density at radius 2 is 1.67 bits per heavy atom. The highest BCUT2D eigenvalue weighted by molar-refractivity contribution is 7.89. The number of hydrogen-bond donors (Lipinski definition) is 3. The molecule has 3 N–H and O–H groups in total. The number of hydrogen-bond acceptors (Lipinski definition) is 8. The van der Waals surface area contributed by atoms with E-state index in [1.807, 2.05) is 30.3 Å². The van der Waals surface area contributed by atoms with Crippen LogP contribution >= 0.6 is 0 Å². The monoisotopic (exact) mass is 501 g/mol. The number of nitrogens with one attached hydrogen (secondary N) is 1. The molecule has 0 radical (unpaired) electrons. The summed E-state index contributed by atoms with van der Waals surface area (Å²) in [6.07, 6.45) is -0.856. The Kier molecular flexibility index (Phi) is 10.1. The molecule has 1 unspecified atom stereocenters. The third-order valence-corrected chi connectivity index (χ3v) is 6.45. The predicted molar refractivity (Wildman–Crippen MR) is 120 cm³/mol. The molecule has 0 aliphatic rings. The molecule has 2 rings (SSSR count). The predicted octanol–water partition coefficient (Wildman–Crippen LogP) is 1.95. The average molecular weight is 502 g/mol. The molecule has 182 valence electrons. The van der Waals surface area contributed by atoms with E-state index in [0.717, 1.165) is 16.2 Å². The summed E-state index contributed by atoms with van der Waals surface area (Å²) in [5, 5.41) is 10.1. The average Bonchev–Trinajstić information content (AvgIpc) is 2.78. The SMILES string of the molecule is CC(C)ON([C@H](CCN(C)OS(=O)O)C(=O)NO)S(=O)(=O)c1ccc(-c2ccccc2)cc1. The first-order valence-corrected chi connectivity index (χ1v) is 12.3. The molecule has 2 atom stereocenters. The van der Waals surface area contributed by atoms with Crippen LogP contribution in [0.15, 0.2) is 59.5 Å². The van der Waals surface area contributed by atoms with Crippen molar-refractivity contribution in [2.75, 3.05) is 13.6 Å². The van der Waals surface area contributed by atoms with Gasteiger partial charge in [0, 0.05) is 13.6 Å². The van der Waals surface area contributed by atoms with E-state index in [9.17, 15) is 22.6 Å². The van der Waals surface area contributed by atoms with Crippen LogP contribution < -0.4 is 5.48 Å². The van der Waals surface area contributed by atoms with E-state index in [1.54, 1.807) is 26.0 Å². The van der Waals surface area contributed by atoms with Gasteiger partial charge in [0.1, 0.15) is 6.04 Å². The van der Waals surface area contributed by atoms with Gasteiger partial charge in [0.2, 0.25) is 0 Å². The number of sulfonamides is 1. The van der Waals surface area contributed by atoms with Gasteiger partial charge in [0.05, 0.1) is 11.0 Å². The smallest absolute Gasteiger partial charge is 0.289 e. The highest BCUT2D eigenvalue weighted by atomic mass is 32.2. The number of rotatable bonds is 12. The van der Waals surface area contributed by atoms with E-state index < -0.39 is 39.4 Å². The van der Waals surface area contributed by atoms with Crippen molar-refractivity contribution in [1.29, 1.82) is 0 Å². The van der Waals surface area contributed by atoms with E-state index >= 15 is 0 Å². The number of nitrogens with zero attached hydrogens (tertiary/aromatic N) is 2. The molecule has 11 nitrogen and oxygen atoms in total. The zero-order valence-electron chi connectivity index (χ0n) is 18.3. The van der Waals surface area contributed by atoms with Gasteiger partial charge in [-0.15, -0.1) is 0 Å². The fraction of sp³-hybridized carbons (Fsp3) is 0.350. The van der Waals surface area contributed by atoms with Gasteiger partial charge in [0.25, 0.3) is 15.9 Å². The molecule has 13 heteroatoms. The summed E-state index contributed by atoms with van der Waals surface area (Å²) in [5.41, 5.74) is 3.14. The van der Waals surface area contributed by atoms with Crippen molar-refractivity contribution in [3.8, 4) is 11.1 Å². The normalized spacial score (nSPS) is 13.9. The van der Waals surface area contributed by atoms with Crippen LogP contribution in [0.25, 0.3) is 11.1 Å². The molecule has 0 aliphatic heterocycles. The molecular formula is C20H27N3O8S2. The Labute approximate surface area is 195 Å². The number of hydroxylamine groups is 4. The van der Waals surface area contributed by atoms with Crippen molar-refractivity contribution in [2.24, 2.45) is 0 Å². The molecule has 2 aromatic carbocycles. The molecule has 0 saturated heterocycles. The largest absolute Gasteiger partial charge is 0.319 e. The maximum absolute atomic E-state index is 13.4. The van der Waals surface area contributed by atoms with Crippen molar-refractivity contribution < 1.29 is 36.3 Å². The lowest BCUT2D eigenvalue weighted by atomic mass is 10.1. The van der Waals surface area contributed by atoms with Gasteiger partial charge in [-0.1, -0.05) is 46.9 Å². The number of benzene rings is 2. The fourth-order valence-corrected chi connectivity index (χ4v) is 4.72. The van der Waals surface area contributed by atoms with Crippen LogP contribution in [-0.4, -0.2) is 63.6 Å². The van der Waals surface area contributed by atoms with Crippen LogP contribution in [0, 0.1) is 0 Å². The first kappa shape index (κ1) is 27.0. The maximum Gasteiger partial charge on any atom is 0.319 e. The van der Waals surface area contributed by atoms with Crippen molar-refractivity contribution in [3.05, 3.63) is 54.6 Å². The Morgan fingerprint density at radius 3 is 2.18 bits per heavy atom. The van der Waals surface area contributed by atoms with Gasteiger partial charge in [-0.05, 0) is 43.5 Å². The van der Waals surface area contributed by atoms with Crippen LogP contribution in [0.2, 0.25) is 0 Å². The molecule has 0 fully saturated rings. The number of carbonyl (C=O) groups is 1. The van der Waals surface area contributed by atoms with Crippen molar-refractivity contribution in [3.63, 3.8) is 0 Å². The van der Waals surface area contributed by atoms with Gasteiger partial charge in [-0.2, -0.15) is 13.6 Å². The van der Waals surface area contributed by atoms with Gasteiger partial charge in [-0.25, -0.2) is 13.9 Å². The lowest BCUT2D eigenvalue weighted by Gasteiger charge is -2.30. The number of carbonyl (C=O) groups excluding carboxylic acids is 1. The van der Waals surface area contributed by atoms with Crippen LogP contribution in [0.3, 0.4) is 0 Å². The molecule has 0 spiro atoms. The summed E-state index contributed by atoms with van der Waals surface area (Å²) < 4.78 is 51.5. The van der Waals surface area contributed by atoms with Crippen molar-refractivity contribution >= 4 is 27.3 Å². The summed E-state index contributed by atoms with van der Waals surface area (Å²) in [7, 11) is -3.02. The summed E-state index contributed by atoms with van der Waals surface area (Å²) in [4.78, 5) is 17.7. The minimum Gasteiger partial charge on any atom is -0.289 e. The van der Waals surface area contributed by atoms with E-state index in [1.165, 1.54) is 24.7 Å². The summed E-state index contributed by atoms with van der Waals surface area (Å²) in [6.45, 7) is 3.03. The molecule has 0 aromatic heterocycles. The minimum atomic E-state index is -4.35. The Morgan fingerprint density at radius 1 is 1.09 bits per heavy atom. The maximum atomic E-state index is 13.4. The Balaban J connectivity index is 2.37. The molecule has 0 heterocycles. The standard InChI is InChI=1S/C20H27N3O8S2/c1-15(2)30-23(19(20(24)21-25)13-14-22(3)31-32(26)27)33(28,29)18-11-9-17(10-12-18)16-7-5-4-6-8-16/h4-12,15,19,25H,13-14H2,1-3H3,(H,21,24)(H,26,27)/t19-/m1/s1. The third-order valence-electron chi connectivity index (χ3n) is 4.39. The van der Waals surface area contributed by atoms with Crippen LogP contribution in [0.5, 0.6) is 0 Å². The summed E-state index contributed by atoms with van der Waals surface area (Å²) >= 11 is -2.59. The van der Waals surface area contributed by atoms with Crippen LogP contribution in [-0.2, 0) is 35.3 Å². The lowest BCUT2D eigenvalue weighted by molar-refractivity contribution is -0.169. The zero-order valence-corrected chi connectivity index (χ0v) is 20.0. The van der Waals surface area contributed by atoms with E-state index in [0.29, 0.717) is 4.47 Å². The van der Waals surface area contributed by atoms with E-state index in [2.05, 4.69) is 4.28 Å². The third kappa shape index (κ3) is 7.65. The molecule has 0 saturated carbocycles. The van der Waals surface area contributed by atoms with Gasteiger partial charge in [-0.3, -0.25) is 19.4 Å².